The number of rotatable bonds is 1. The highest BCUT2D eigenvalue weighted by molar-refractivity contribution is 5.91. The van der Waals surface area contributed by atoms with Gasteiger partial charge in [-0.2, -0.15) is 13.2 Å². The van der Waals surface area contributed by atoms with E-state index < -0.39 is 17.7 Å². The Morgan fingerprint density at radius 1 is 1.33 bits per heavy atom. The summed E-state index contributed by atoms with van der Waals surface area (Å²) in [5.74, 6) is -1.15. The van der Waals surface area contributed by atoms with Gasteiger partial charge in [-0.15, -0.1) is 0 Å². The molecule has 2 rings (SSSR count). The molecule has 0 spiro atoms. The zero-order valence-electron chi connectivity index (χ0n) is 9.12. The number of ether oxygens (including phenoxy) is 1. The first-order chi connectivity index (χ1) is 8.38. The lowest BCUT2D eigenvalue weighted by molar-refractivity contribution is -0.137. The SMILES string of the molecule is O=C(O)/C=C1/COCc2cc(C(F)(F)F)ccc21. The van der Waals surface area contributed by atoms with Gasteiger partial charge < -0.3 is 9.84 Å². The average molecular weight is 258 g/mol. The molecule has 18 heavy (non-hydrogen) atoms. The maximum absolute atomic E-state index is 12.5. The first-order valence-corrected chi connectivity index (χ1v) is 5.09. The summed E-state index contributed by atoms with van der Waals surface area (Å²) >= 11 is 0. The predicted molar refractivity (Wildman–Crippen MR) is 56.7 cm³/mol. The van der Waals surface area contributed by atoms with Crippen molar-refractivity contribution in [1.29, 1.82) is 0 Å². The molecule has 1 aromatic carbocycles. The number of carboxylic acid groups (broad SMARTS) is 1. The summed E-state index contributed by atoms with van der Waals surface area (Å²) in [6.45, 7) is 0.140. The summed E-state index contributed by atoms with van der Waals surface area (Å²) < 4.78 is 42.6. The normalized spacial score (nSPS) is 17.6. The zero-order chi connectivity index (χ0) is 13.3. The van der Waals surface area contributed by atoms with Crippen molar-refractivity contribution in [3.05, 3.63) is 41.0 Å². The lowest BCUT2D eigenvalue weighted by atomic mass is 9.96. The van der Waals surface area contributed by atoms with Gasteiger partial charge in [-0.3, -0.25) is 0 Å². The Morgan fingerprint density at radius 2 is 2.06 bits per heavy atom. The lowest BCUT2D eigenvalue weighted by Gasteiger charge is -2.20. The van der Waals surface area contributed by atoms with Gasteiger partial charge in [0.15, 0.2) is 0 Å². The van der Waals surface area contributed by atoms with Gasteiger partial charge in [0.2, 0.25) is 0 Å². The fraction of sp³-hybridized carbons (Fsp3) is 0.250. The minimum atomic E-state index is -4.41. The number of fused-ring (bicyclic) bond motifs is 1. The number of carbonyl (C=O) groups is 1. The summed E-state index contributed by atoms with van der Waals surface area (Å²) in [6, 6.07) is 3.22. The molecule has 0 radical (unpaired) electrons. The van der Waals surface area contributed by atoms with Gasteiger partial charge in [0.05, 0.1) is 18.8 Å². The minimum Gasteiger partial charge on any atom is -0.478 e. The number of hydrogen-bond donors (Lipinski definition) is 1. The molecule has 0 saturated heterocycles. The second-order valence-electron chi connectivity index (χ2n) is 3.87. The van der Waals surface area contributed by atoms with Crippen molar-refractivity contribution in [2.24, 2.45) is 0 Å². The number of hydrogen-bond acceptors (Lipinski definition) is 2. The highest BCUT2D eigenvalue weighted by Crippen LogP contribution is 2.34. The van der Waals surface area contributed by atoms with Crippen LogP contribution in [0.1, 0.15) is 16.7 Å². The first-order valence-electron chi connectivity index (χ1n) is 5.09. The van der Waals surface area contributed by atoms with E-state index in [2.05, 4.69) is 0 Å². The molecular weight excluding hydrogens is 249 g/mol. The third-order valence-corrected chi connectivity index (χ3v) is 2.59. The second-order valence-corrected chi connectivity index (χ2v) is 3.87. The van der Waals surface area contributed by atoms with Crippen LogP contribution in [0.5, 0.6) is 0 Å². The maximum atomic E-state index is 12.5. The summed E-state index contributed by atoms with van der Waals surface area (Å²) in [6.07, 6.45) is -3.46. The summed E-state index contributed by atoms with van der Waals surface area (Å²) in [7, 11) is 0. The lowest BCUT2D eigenvalue weighted by Crippen LogP contribution is -2.13. The number of halogens is 3. The van der Waals surface area contributed by atoms with Crippen LogP contribution < -0.4 is 0 Å². The summed E-state index contributed by atoms with van der Waals surface area (Å²) in [5.41, 5.74) is 0.458. The third kappa shape index (κ3) is 2.53. The molecule has 6 heteroatoms. The van der Waals surface area contributed by atoms with Crippen molar-refractivity contribution in [3.63, 3.8) is 0 Å². The van der Waals surface area contributed by atoms with E-state index in [0.717, 1.165) is 18.2 Å². The van der Waals surface area contributed by atoms with Crippen LogP contribution in [-0.4, -0.2) is 17.7 Å². The molecule has 0 bridgehead atoms. The van der Waals surface area contributed by atoms with Gasteiger partial charge in [0.25, 0.3) is 0 Å². The topological polar surface area (TPSA) is 46.5 Å². The molecule has 1 heterocycles. The van der Waals surface area contributed by atoms with Crippen molar-refractivity contribution in [2.45, 2.75) is 12.8 Å². The molecule has 0 aliphatic carbocycles. The van der Waals surface area contributed by atoms with Gasteiger partial charge >= 0.3 is 12.1 Å². The van der Waals surface area contributed by atoms with Crippen LogP contribution in [0.2, 0.25) is 0 Å². The Bertz CT molecular complexity index is 518. The molecule has 1 N–H and O–H groups in total. The maximum Gasteiger partial charge on any atom is 0.416 e. The Labute approximate surface area is 100 Å². The molecule has 0 fully saturated rings. The molecule has 1 aromatic rings. The van der Waals surface area contributed by atoms with Crippen LogP contribution in [0, 0.1) is 0 Å². The standard InChI is InChI=1S/C12H9F3O3/c13-12(14,15)9-1-2-10-7(3-9)5-18-6-8(10)4-11(16)17/h1-4H,5-6H2,(H,16,17)/b8-4-. The number of alkyl halides is 3. The van der Waals surface area contributed by atoms with Gasteiger partial charge in [-0.25, -0.2) is 4.79 Å². The van der Waals surface area contributed by atoms with E-state index in [9.17, 15) is 18.0 Å². The molecule has 0 saturated carbocycles. The van der Waals surface area contributed by atoms with Crippen molar-refractivity contribution < 1.29 is 27.8 Å². The van der Waals surface area contributed by atoms with Crippen LogP contribution in [-0.2, 0) is 22.3 Å². The largest absolute Gasteiger partial charge is 0.478 e. The van der Waals surface area contributed by atoms with Crippen molar-refractivity contribution >= 4 is 11.5 Å². The third-order valence-electron chi connectivity index (χ3n) is 2.59. The number of aliphatic carboxylic acids is 1. The zero-order valence-corrected chi connectivity index (χ0v) is 9.12. The van der Waals surface area contributed by atoms with E-state index >= 15 is 0 Å². The van der Waals surface area contributed by atoms with Crippen LogP contribution in [0.15, 0.2) is 24.3 Å². The Hall–Kier alpha value is -1.82. The fourth-order valence-electron chi connectivity index (χ4n) is 1.82. The van der Waals surface area contributed by atoms with E-state index in [4.69, 9.17) is 9.84 Å². The van der Waals surface area contributed by atoms with E-state index in [1.165, 1.54) is 6.07 Å². The predicted octanol–water partition coefficient (Wildman–Crippen LogP) is 2.70. The monoisotopic (exact) mass is 258 g/mol. The highest BCUT2D eigenvalue weighted by Gasteiger charge is 2.31. The Morgan fingerprint density at radius 3 is 2.67 bits per heavy atom. The molecular formula is C12H9F3O3. The molecule has 3 nitrogen and oxygen atoms in total. The number of benzene rings is 1. The minimum absolute atomic E-state index is 0.0518. The fourth-order valence-corrected chi connectivity index (χ4v) is 1.82. The quantitative estimate of drug-likeness (QED) is 0.788. The van der Waals surface area contributed by atoms with Crippen LogP contribution in [0.3, 0.4) is 0 Å². The molecule has 0 atom stereocenters. The molecule has 0 amide bonds. The van der Waals surface area contributed by atoms with Crippen molar-refractivity contribution in [1.82, 2.24) is 0 Å². The molecule has 0 aromatic heterocycles. The van der Waals surface area contributed by atoms with E-state index in [1.807, 2.05) is 0 Å². The molecule has 1 aliphatic heterocycles. The molecule has 0 unspecified atom stereocenters. The van der Waals surface area contributed by atoms with Crippen LogP contribution >= 0.6 is 0 Å². The highest BCUT2D eigenvalue weighted by atomic mass is 19.4. The van der Waals surface area contributed by atoms with Crippen LogP contribution in [0.4, 0.5) is 13.2 Å². The first kappa shape index (κ1) is 12.6. The molecule has 1 aliphatic rings. The Balaban J connectivity index is 2.46. The smallest absolute Gasteiger partial charge is 0.416 e. The second kappa shape index (κ2) is 4.45. The van der Waals surface area contributed by atoms with Crippen molar-refractivity contribution in [3.8, 4) is 0 Å². The van der Waals surface area contributed by atoms with Gasteiger partial charge in [-0.1, -0.05) is 6.07 Å². The van der Waals surface area contributed by atoms with Gasteiger partial charge in [0, 0.05) is 6.08 Å². The van der Waals surface area contributed by atoms with Crippen LogP contribution in [0.25, 0.3) is 5.57 Å². The Kier molecular flexibility index (Phi) is 3.13. The summed E-state index contributed by atoms with van der Waals surface area (Å²) in [5, 5.41) is 8.66. The van der Waals surface area contributed by atoms with Crippen molar-refractivity contribution in [2.75, 3.05) is 6.61 Å². The molecule has 96 valence electrons. The average Bonchev–Trinajstić information content (AvgIpc) is 2.27. The van der Waals surface area contributed by atoms with E-state index in [1.54, 1.807) is 0 Å². The number of carboxylic acids is 1. The van der Waals surface area contributed by atoms with Gasteiger partial charge in [-0.05, 0) is 28.8 Å². The van der Waals surface area contributed by atoms with E-state index in [-0.39, 0.29) is 13.2 Å². The van der Waals surface area contributed by atoms with E-state index in [0.29, 0.717) is 16.7 Å². The van der Waals surface area contributed by atoms with Gasteiger partial charge in [0.1, 0.15) is 0 Å². The summed E-state index contributed by atoms with van der Waals surface area (Å²) in [4.78, 5) is 10.6.